The molecular weight excluding hydrogens is 264 g/mol. The smallest absolute Gasteiger partial charge is 0.251 e. The first kappa shape index (κ1) is 13.3. The number of H-pyrrole nitrogens is 1. The lowest BCUT2D eigenvalue weighted by atomic mass is 10.1. The van der Waals surface area contributed by atoms with Crippen LogP contribution in [0.3, 0.4) is 0 Å². The Morgan fingerprint density at radius 1 is 1.29 bits per heavy atom. The monoisotopic (exact) mass is 280 g/mol. The van der Waals surface area contributed by atoms with Gasteiger partial charge in [0, 0.05) is 24.5 Å². The predicted octanol–water partition coefficient (Wildman–Crippen LogP) is 2.32. The summed E-state index contributed by atoms with van der Waals surface area (Å²) in [6.07, 6.45) is 7.04. The van der Waals surface area contributed by atoms with Crippen molar-refractivity contribution in [2.75, 3.05) is 6.54 Å². The second-order valence-corrected chi connectivity index (χ2v) is 4.86. The third-order valence-electron chi connectivity index (χ3n) is 3.33. The number of aromatic nitrogens is 3. The molecule has 0 atom stereocenters. The van der Waals surface area contributed by atoms with E-state index in [1.807, 2.05) is 30.5 Å². The van der Waals surface area contributed by atoms with Gasteiger partial charge in [0.2, 0.25) is 0 Å². The van der Waals surface area contributed by atoms with Crippen molar-refractivity contribution in [2.45, 2.75) is 12.8 Å². The number of amides is 1. The van der Waals surface area contributed by atoms with E-state index in [1.54, 1.807) is 18.6 Å². The molecule has 2 N–H and O–H groups in total. The maximum absolute atomic E-state index is 12.1. The van der Waals surface area contributed by atoms with Crippen molar-refractivity contribution in [1.29, 1.82) is 0 Å². The molecule has 5 heteroatoms. The van der Waals surface area contributed by atoms with Gasteiger partial charge in [-0.3, -0.25) is 9.78 Å². The molecule has 0 fully saturated rings. The summed E-state index contributed by atoms with van der Waals surface area (Å²) in [6.45, 7) is 0.648. The van der Waals surface area contributed by atoms with Gasteiger partial charge >= 0.3 is 0 Å². The number of hydrogen-bond donors (Lipinski definition) is 2. The van der Waals surface area contributed by atoms with Crippen LogP contribution in [0.4, 0.5) is 0 Å². The quantitative estimate of drug-likeness (QED) is 0.705. The number of nitrogens with one attached hydrogen (secondary N) is 2. The number of carbonyl (C=O) groups is 1. The Morgan fingerprint density at radius 2 is 2.24 bits per heavy atom. The summed E-state index contributed by atoms with van der Waals surface area (Å²) in [5.41, 5.74) is 3.57. The fraction of sp³-hybridized carbons (Fsp3) is 0.188. The van der Waals surface area contributed by atoms with E-state index < -0.39 is 0 Å². The number of hydrogen-bond acceptors (Lipinski definition) is 3. The maximum Gasteiger partial charge on any atom is 0.251 e. The van der Waals surface area contributed by atoms with Crippen molar-refractivity contribution < 1.29 is 4.79 Å². The highest BCUT2D eigenvalue weighted by atomic mass is 16.1. The fourth-order valence-electron chi connectivity index (χ4n) is 2.22. The standard InChI is InChI=1S/C16H16N4O/c21-16(13-5-6-14-15(9-13)20-11-19-14)18-8-2-4-12-3-1-7-17-10-12/h1,3,5-7,9-11H,2,4,8H2,(H,18,21)(H,19,20). The van der Waals surface area contributed by atoms with E-state index in [1.165, 1.54) is 5.56 Å². The molecule has 0 aliphatic rings. The van der Waals surface area contributed by atoms with Crippen LogP contribution in [0.2, 0.25) is 0 Å². The molecule has 0 bridgehead atoms. The molecule has 0 radical (unpaired) electrons. The van der Waals surface area contributed by atoms with Gasteiger partial charge in [0.25, 0.3) is 5.91 Å². The molecule has 2 heterocycles. The minimum Gasteiger partial charge on any atom is -0.352 e. The second kappa shape index (κ2) is 6.17. The van der Waals surface area contributed by atoms with Crippen molar-refractivity contribution >= 4 is 16.9 Å². The van der Waals surface area contributed by atoms with Crippen LogP contribution in [-0.4, -0.2) is 27.4 Å². The van der Waals surface area contributed by atoms with Crippen molar-refractivity contribution in [2.24, 2.45) is 0 Å². The fourth-order valence-corrected chi connectivity index (χ4v) is 2.22. The van der Waals surface area contributed by atoms with Gasteiger partial charge < -0.3 is 10.3 Å². The Bertz CT molecular complexity index is 736. The first-order valence-electron chi connectivity index (χ1n) is 6.93. The SMILES string of the molecule is O=C(NCCCc1cccnc1)c1ccc2nc[nH]c2c1. The number of imidazole rings is 1. The minimum absolute atomic E-state index is 0.0577. The third kappa shape index (κ3) is 3.25. The lowest BCUT2D eigenvalue weighted by Crippen LogP contribution is -2.24. The second-order valence-electron chi connectivity index (χ2n) is 4.86. The van der Waals surface area contributed by atoms with Crippen LogP contribution in [0.1, 0.15) is 22.3 Å². The molecule has 0 saturated carbocycles. The van der Waals surface area contributed by atoms with Crippen LogP contribution < -0.4 is 5.32 Å². The molecule has 0 spiro atoms. The van der Waals surface area contributed by atoms with E-state index in [2.05, 4.69) is 20.3 Å². The predicted molar refractivity (Wildman–Crippen MR) is 81.0 cm³/mol. The molecule has 0 unspecified atom stereocenters. The lowest BCUT2D eigenvalue weighted by molar-refractivity contribution is 0.0953. The molecule has 106 valence electrons. The molecule has 3 rings (SSSR count). The van der Waals surface area contributed by atoms with Crippen LogP contribution in [-0.2, 0) is 6.42 Å². The van der Waals surface area contributed by atoms with Crippen LogP contribution in [0, 0.1) is 0 Å². The summed E-state index contributed by atoms with van der Waals surface area (Å²) < 4.78 is 0. The average molecular weight is 280 g/mol. The molecule has 0 aliphatic heterocycles. The summed E-state index contributed by atoms with van der Waals surface area (Å²) in [4.78, 5) is 23.3. The first-order valence-corrected chi connectivity index (χ1v) is 6.93. The van der Waals surface area contributed by atoms with E-state index in [-0.39, 0.29) is 5.91 Å². The summed E-state index contributed by atoms with van der Waals surface area (Å²) in [7, 11) is 0. The molecule has 1 amide bonds. The average Bonchev–Trinajstić information content (AvgIpc) is 3.00. The van der Waals surface area contributed by atoms with Crippen LogP contribution in [0.25, 0.3) is 11.0 Å². The lowest BCUT2D eigenvalue weighted by Gasteiger charge is -2.05. The molecule has 3 aromatic rings. The largest absolute Gasteiger partial charge is 0.352 e. The zero-order valence-corrected chi connectivity index (χ0v) is 11.5. The van der Waals surface area contributed by atoms with Gasteiger partial charge in [-0.15, -0.1) is 0 Å². The van der Waals surface area contributed by atoms with Crippen LogP contribution in [0.15, 0.2) is 49.1 Å². The van der Waals surface area contributed by atoms with Gasteiger partial charge in [-0.05, 0) is 42.7 Å². The van der Waals surface area contributed by atoms with E-state index >= 15 is 0 Å². The van der Waals surface area contributed by atoms with E-state index in [4.69, 9.17) is 0 Å². The van der Waals surface area contributed by atoms with Crippen molar-refractivity contribution in [3.05, 3.63) is 60.2 Å². The number of benzene rings is 1. The molecule has 0 aliphatic carbocycles. The Morgan fingerprint density at radius 3 is 3.10 bits per heavy atom. The Balaban J connectivity index is 1.52. The number of aromatic amines is 1. The highest BCUT2D eigenvalue weighted by molar-refractivity contribution is 5.97. The zero-order chi connectivity index (χ0) is 14.5. The van der Waals surface area contributed by atoms with Gasteiger partial charge in [-0.25, -0.2) is 4.98 Å². The minimum atomic E-state index is -0.0577. The maximum atomic E-state index is 12.1. The zero-order valence-electron chi connectivity index (χ0n) is 11.5. The van der Waals surface area contributed by atoms with Gasteiger partial charge in [0.1, 0.15) is 0 Å². The van der Waals surface area contributed by atoms with Crippen LogP contribution in [0.5, 0.6) is 0 Å². The van der Waals surface area contributed by atoms with E-state index in [0.29, 0.717) is 12.1 Å². The van der Waals surface area contributed by atoms with Gasteiger partial charge in [0.05, 0.1) is 17.4 Å². The number of fused-ring (bicyclic) bond motifs is 1. The summed E-state index contributed by atoms with van der Waals surface area (Å²) >= 11 is 0. The molecule has 5 nitrogen and oxygen atoms in total. The Kier molecular flexibility index (Phi) is 3.91. The van der Waals surface area contributed by atoms with Crippen molar-refractivity contribution in [3.63, 3.8) is 0 Å². The normalized spacial score (nSPS) is 10.7. The topological polar surface area (TPSA) is 70.7 Å². The van der Waals surface area contributed by atoms with Crippen molar-refractivity contribution in [3.8, 4) is 0 Å². The van der Waals surface area contributed by atoms with E-state index in [9.17, 15) is 4.79 Å². The Labute approximate surface area is 122 Å². The highest BCUT2D eigenvalue weighted by Gasteiger charge is 2.06. The van der Waals surface area contributed by atoms with Crippen LogP contribution >= 0.6 is 0 Å². The Hall–Kier alpha value is -2.69. The first-order chi connectivity index (χ1) is 10.3. The number of nitrogens with zero attached hydrogens (tertiary/aromatic N) is 2. The number of carbonyl (C=O) groups excluding carboxylic acids is 1. The van der Waals surface area contributed by atoms with E-state index in [0.717, 1.165) is 23.9 Å². The molecule has 0 saturated heterocycles. The van der Waals surface area contributed by atoms with Gasteiger partial charge in [-0.2, -0.15) is 0 Å². The van der Waals surface area contributed by atoms with Gasteiger partial charge in [-0.1, -0.05) is 6.07 Å². The van der Waals surface area contributed by atoms with Gasteiger partial charge in [0.15, 0.2) is 0 Å². The summed E-state index contributed by atoms with van der Waals surface area (Å²) in [5.74, 6) is -0.0577. The molecule has 1 aromatic carbocycles. The summed E-state index contributed by atoms with van der Waals surface area (Å²) in [5, 5.41) is 2.93. The third-order valence-corrected chi connectivity index (χ3v) is 3.33. The highest BCUT2D eigenvalue weighted by Crippen LogP contribution is 2.11. The molecule has 2 aromatic heterocycles. The summed E-state index contributed by atoms with van der Waals surface area (Å²) in [6, 6.07) is 9.42. The molecular formula is C16H16N4O. The van der Waals surface area contributed by atoms with Crippen molar-refractivity contribution in [1.82, 2.24) is 20.3 Å². The molecule has 21 heavy (non-hydrogen) atoms. The number of rotatable bonds is 5. The number of pyridine rings is 1. The number of aryl methyl sites for hydroxylation is 1.